The SMILES string of the molecule is Cc1ccccc1N(CCCC(=O)NC(C)c1ccc(F)cc1)S(C)(=O)=O. The molecule has 0 fully saturated rings. The van der Waals surface area contributed by atoms with Crippen LogP contribution in [0.3, 0.4) is 0 Å². The molecule has 2 rings (SSSR count). The van der Waals surface area contributed by atoms with E-state index in [1.807, 2.05) is 26.0 Å². The minimum atomic E-state index is -3.44. The van der Waals surface area contributed by atoms with Crippen molar-refractivity contribution in [3.8, 4) is 0 Å². The maximum Gasteiger partial charge on any atom is 0.232 e. The lowest BCUT2D eigenvalue weighted by Crippen LogP contribution is -2.33. The van der Waals surface area contributed by atoms with Crippen LogP contribution in [-0.2, 0) is 14.8 Å². The predicted molar refractivity (Wildman–Crippen MR) is 106 cm³/mol. The third-order valence-corrected chi connectivity index (χ3v) is 5.48. The Kier molecular flexibility index (Phi) is 6.96. The second-order valence-corrected chi connectivity index (χ2v) is 8.47. The summed E-state index contributed by atoms with van der Waals surface area (Å²) in [6.07, 6.45) is 1.75. The van der Waals surface area contributed by atoms with E-state index in [-0.39, 0.29) is 30.7 Å². The van der Waals surface area contributed by atoms with Gasteiger partial charge in [0.05, 0.1) is 18.0 Å². The summed E-state index contributed by atoms with van der Waals surface area (Å²) in [5.41, 5.74) is 2.29. The van der Waals surface area contributed by atoms with Crippen molar-refractivity contribution in [2.75, 3.05) is 17.1 Å². The van der Waals surface area contributed by atoms with Gasteiger partial charge in [0.25, 0.3) is 0 Å². The molecule has 0 heterocycles. The number of anilines is 1. The number of amides is 1. The molecule has 0 aliphatic carbocycles. The molecule has 1 atom stereocenters. The molecule has 2 aromatic carbocycles. The van der Waals surface area contributed by atoms with Gasteiger partial charge in [-0.1, -0.05) is 30.3 Å². The molecule has 5 nitrogen and oxygen atoms in total. The zero-order chi connectivity index (χ0) is 20.0. The quantitative estimate of drug-likeness (QED) is 0.747. The first-order valence-electron chi connectivity index (χ1n) is 8.76. The number of aryl methyl sites for hydroxylation is 1. The average molecular weight is 392 g/mol. The molecule has 146 valence electrons. The number of para-hydroxylation sites is 1. The van der Waals surface area contributed by atoms with E-state index >= 15 is 0 Å². The predicted octanol–water partition coefficient (Wildman–Crippen LogP) is 3.56. The Morgan fingerprint density at radius 2 is 1.78 bits per heavy atom. The summed E-state index contributed by atoms with van der Waals surface area (Å²) in [5.74, 6) is -0.501. The van der Waals surface area contributed by atoms with Gasteiger partial charge in [-0.2, -0.15) is 0 Å². The van der Waals surface area contributed by atoms with Crippen molar-refractivity contribution in [3.05, 3.63) is 65.5 Å². The van der Waals surface area contributed by atoms with Gasteiger partial charge in [0.15, 0.2) is 0 Å². The van der Waals surface area contributed by atoms with Crippen LogP contribution in [0.4, 0.5) is 10.1 Å². The van der Waals surface area contributed by atoms with Crippen LogP contribution in [0, 0.1) is 12.7 Å². The van der Waals surface area contributed by atoms with Crippen molar-refractivity contribution < 1.29 is 17.6 Å². The van der Waals surface area contributed by atoms with Crippen LogP contribution in [0.1, 0.15) is 36.9 Å². The number of benzene rings is 2. The minimum absolute atomic E-state index is 0.176. The highest BCUT2D eigenvalue weighted by Gasteiger charge is 2.19. The summed E-state index contributed by atoms with van der Waals surface area (Å²) in [6, 6.07) is 13.0. The van der Waals surface area contributed by atoms with Crippen LogP contribution in [0.15, 0.2) is 48.5 Å². The van der Waals surface area contributed by atoms with Crippen molar-refractivity contribution in [1.82, 2.24) is 5.32 Å². The van der Waals surface area contributed by atoms with Crippen LogP contribution in [0.25, 0.3) is 0 Å². The Morgan fingerprint density at radius 3 is 2.37 bits per heavy atom. The van der Waals surface area contributed by atoms with Gasteiger partial charge in [-0.05, 0) is 49.6 Å². The topological polar surface area (TPSA) is 66.5 Å². The zero-order valence-corrected chi connectivity index (χ0v) is 16.6. The minimum Gasteiger partial charge on any atom is -0.350 e. The zero-order valence-electron chi connectivity index (χ0n) is 15.8. The van der Waals surface area contributed by atoms with E-state index in [9.17, 15) is 17.6 Å². The number of sulfonamides is 1. The molecule has 1 N–H and O–H groups in total. The van der Waals surface area contributed by atoms with E-state index in [1.165, 1.54) is 16.4 Å². The number of carbonyl (C=O) groups is 1. The van der Waals surface area contributed by atoms with E-state index in [0.717, 1.165) is 17.4 Å². The molecule has 0 aliphatic heterocycles. The largest absolute Gasteiger partial charge is 0.350 e. The van der Waals surface area contributed by atoms with Gasteiger partial charge in [0.1, 0.15) is 5.82 Å². The molecule has 7 heteroatoms. The van der Waals surface area contributed by atoms with Crippen molar-refractivity contribution in [3.63, 3.8) is 0 Å². The van der Waals surface area contributed by atoms with Crippen LogP contribution in [0.5, 0.6) is 0 Å². The molecule has 0 saturated heterocycles. The van der Waals surface area contributed by atoms with Crippen molar-refractivity contribution in [1.29, 1.82) is 0 Å². The van der Waals surface area contributed by atoms with E-state index in [2.05, 4.69) is 5.32 Å². The van der Waals surface area contributed by atoms with Gasteiger partial charge < -0.3 is 5.32 Å². The fourth-order valence-corrected chi connectivity index (χ4v) is 3.86. The Hall–Kier alpha value is -2.41. The van der Waals surface area contributed by atoms with Gasteiger partial charge in [-0.15, -0.1) is 0 Å². The van der Waals surface area contributed by atoms with Crippen molar-refractivity contribution >= 4 is 21.6 Å². The normalized spacial score (nSPS) is 12.4. The summed E-state index contributed by atoms with van der Waals surface area (Å²) < 4.78 is 38.6. The maximum absolute atomic E-state index is 13.0. The maximum atomic E-state index is 13.0. The number of rotatable bonds is 8. The van der Waals surface area contributed by atoms with Gasteiger partial charge >= 0.3 is 0 Å². The van der Waals surface area contributed by atoms with Crippen molar-refractivity contribution in [2.45, 2.75) is 32.7 Å². The van der Waals surface area contributed by atoms with E-state index < -0.39 is 10.0 Å². The molecule has 0 aliphatic rings. The first kappa shape index (κ1) is 20.9. The lowest BCUT2D eigenvalue weighted by Gasteiger charge is -2.24. The fraction of sp³-hybridized carbons (Fsp3) is 0.350. The highest BCUT2D eigenvalue weighted by Crippen LogP contribution is 2.22. The molecule has 0 bridgehead atoms. The third kappa shape index (κ3) is 6.06. The Labute approximate surface area is 160 Å². The molecule has 1 unspecified atom stereocenters. The number of halogens is 1. The van der Waals surface area contributed by atoms with Gasteiger partial charge in [-0.25, -0.2) is 12.8 Å². The molecule has 1 amide bonds. The second-order valence-electron chi connectivity index (χ2n) is 6.57. The number of hydrogen-bond donors (Lipinski definition) is 1. The molecular weight excluding hydrogens is 367 g/mol. The molecule has 2 aromatic rings. The molecule has 0 spiro atoms. The molecular formula is C20H25FN2O3S. The molecule has 0 saturated carbocycles. The number of nitrogens with one attached hydrogen (secondary N) is 1. The molecule has 0 radical (unpaired) electrons. The van der Waals surface area contributed by atoms with Crippen LogP contribution >= 0.6 is 0 Å². The Morgan fingerprint density at radius 1 is 1.15 bits per heavy atom. The summed E-state index contributed by atoms with van der Waals surface area (Å²) >= 11 is 0. The highest BCUT2D eigenvalue weighted by molar-refractivity contribution is 7.92. The van der Waals surface area contributed by atoms with Gasteiger partial charge in [0.2, 0.25) is 15.9 Å². The lowest BCUT2D eigenvalue weighted by atomic mass is 10.1. The third-order valence-electron chi connectivity index (χ3n) is 4.30. The highest BCUT2D eigenvalue weighted by atomic mass is 32.2. The summed E-state index contributed by atoms with van der Waals surface area (Å²) in [7, 11) is -3.44. The summed E-state index contributed by atoms with van der Waals surface area (Å²) in [6.45, 7) is 3.90. The van der Waals surface area contributed by atoms with Gasteiger partial charge in [-0.3, -0.25) is 9.10 Å². The van der Waals surface area contributed by atoms with Crippen LogP contribution in [-0.4, -0.2) is 27.1 Å². The van der Waals surface area contributed by atoms with Gasteiger partial charge in [0, 0.05) is 13.0 Å². The Balaban J connectivity index is 1.93. The average Bonchev–Trinajstić information content (AvgIpc) is 2.59. The summed E-state index contributed by atoms with van der Waals surface area (Å²) in [4.78, 5) is 12.2. The molecule has 27 heavy (non-hydrogen) atoms. The smallest absolute Gasteiger partial charge is 0.232 e. The van der Waals surface area contributed by atoms with E-state index in [4.69, 9.17) is 0 Å². The first-order valence-corrected chi connectivity index (χ1v) is 10.6. The fourth-order valence-electron chi connectivity index (χ4n) is 2.84. The van der Waals surface area contributed by atoms with Crippen LogP contribution in [0.2, 0.25) is 0 Å². The summed E-state index contributed by atoms with van der Waals surface area (Å²) in [5, 5.41) is 2.85. The second kappa shape index (κ2) is 8.99. The van der Waals surface area contributed by atoms with E-state index in [1.54, 1.807) is 24.3 Å². The van der Waals surface area contributed by atoms with E-state index in [0.29, 0.717) is 12.1 Å². The monoisotopic (exact) mass is 392 g/mol. The number of nitrogens with zero attached hydrogens (tertiary/aromatic N) is 1. The lowest BCUT2D eigenvalue weighted by molar-refractivity contribution is -0.121. The van der Waals surface area contributed by atoms with Crippen molar-refractivity contribution in [2.24, 2.45) is 0 Å². The standard InChI is InChI=1S/C20H25FN2O3S/c1-15-7-4-5-8-19(15)23(27(3,25)26)14-6-9-20(24)22-16(2)17-10-12-18(21)13-11-17/h4-5,7-8,10-13,16H,6,9,14H2,1-3H3,(H,22,24). The number of carbonyl (C=O) groups excluding carboxylic acids is 1. The number of hydrogen-bond acceptors (Lipinski definition) is 3. The Bertz CT molecular complexity index is 882. The first-order chi connectivity index (χ1) is 12.7. The molecule has 0 aromatic heterocycles. The van der Waals surface area contributed by atoms with Crippen LogP contribution < -0.4 is 9.62 Å².